The van der Waals surface area contributed by atoms with Gasteiger partial charge in [0, 0.05) is 32.8 Å². The first kappa shape index (κ1) is 17.2. The molecule has 5 rings (SSSR count). The molecule has 2 atom stereocenters. The van der Waals surface area contributed by atoms with Crippen molar-refractivity contribution in [1.29, 1.82) is 5.26 Å². The summed E-state index contributed by atoms with van der Waals surface area (Å²) >= 11 is 3.17. The maximum Gasteiger partial charge on any atom is 0.309 e. The lowest BCUT2D eigenvalue weighted by atomic mass is 10.0. The van der Waals surface area contributed by atoms with Gasteiger partial charge in [0.2, 0.25) is 0 Å². The Balaban J connectivity index is 1.62. The lowest BCUT2D eigenvalue weighted by Crippen LogP contribution is -2.03. The number of nitriles is 1. The average Bonchev–Trinajstić information content (AvgIpc) is 3.09. The number of rotatable bonds is 4. The first-order valence-electron chi connectivity index (χ1n) is 8.98. The van der Waals surface area contributed by atoms with Gasteiger partial charge in [-0.15, -0.1) is 22.7 Å². The Labute approximate surface area is 170 Å². The zero-order valence-electron chi connectivity index (χ0n) is 15.1. The first-order valence-corrected chi connectivity index (χ1v) is 10.7. The highest BCUT2D eigenvalue weighted by Gasteiger charge is 2.45. The summed E-state index contributed by atoms with van der Waals surface area (Å²) in [6.45, 7) is 0. The molecule has 0 radical (unpaired) electrons. The summed E-state index contributed by atoms with van der Waals surface area (Å²) < 4.78 is 4.88. The van der Waals surface area contributed by atoms with Crippen LogP contribution in [0.3, 0.4) is 0 Å². The monoisotopic (exact) mass is 404 g/mol. The second-order valence-corrected chi connectivity index (χ2v) is 8.90. The van der Waals surface area contributed by atoms with E-state index in [0.717, 1.165) is 43.9 Å². The summed E-state index contributed by atoms with van der Waals surface area (Å²) in [5.74, 6) is 0.124. The molecule has 1 fully saturated rings. The van der Waals surface area contributed by atoms with Crippen LogP contribution in [0.15, 0.2) is 47.8 Å². The van der Waals surface area contributed by atoms with Crippen LogP contribution in [0, 0.1) is 17.2 Å². The van der Waals surface area contributed by atoms with Crippen LogP contribution in [0.4, 0.5) is 0 Å². The third kappa shape index (κ3) is 2.67. The van der Waals surface area contributed by atoms with E-state index >= 15 is 0 Å². The molecule has 2 unspecified atom stereocenters. The molecular formula is C22H16N2O2S2. The highest BCUT2D eigenvalue weighted by molar-refractivity contribution is 7.15. The number of H-pyrrole nitrogens is 1. The zero-order valence-corrected chi connectivity index (χ0v) is 16.7. The van der Waals surface area contributed by atoms with E-state index in [2.05, 4.69) is 35.3 Å². The first-order chi connectivity index (χ1) is 13.7. The Morgan fingerprint density at radius 3 is 2.93 bits per heavy atom. The molecule has 1 aliphatic rings. The van der Waals surface area contributed by atoms with E-state index < -0.39 is 0 Å². The van der Waals surface area contributed by atoms with Gasteiger partial charge in [0.15, 0.2) is 0 Å². The van der Waals surface area contributed by atoms with Gasteiger partial charge in [-0.05, 0) is 36.1 Å². The maximum absolute atomic E-state index is 11.8. The van der Waals surface area contributed by atoms with E-state index in [9.17, 15) is 10.1 Å². The molecule has 3 aromatic heterocycles. The molecule has 28 heavy (non-hydrogen) atoms. The lowest BCUT2D eigenvalue weighted by molar-refractivity contribution is -0.142. The zero-order chi connectivity index (χ0) is 19.3. The van der Waals surface area contributed by atoms with Crippen molar-refractivity contribution in [3.05, 3.63) is 57.6 Å². The summed E-state index contributed by atoms with van der Waals surface area (Å²) in [5, 5.41) is 12.6. The average molecular weight is 405 g/mol. The van der Waals surface area contributed by atoms with Crippen molar-refractivity contribution < 1.29 is 9.53 Å². The van der Waals surface area contributed by atoms with Crippen molar-refractivity contribution in [3.63, 3.8) is 0 Å². The molecule has 0 amide bonds. The maximum atomic E-state index is 11.8. The fraction of sp³-hybridized carbons (Fsp3) is 0.182. The van der Waals surface area contributed by atoms with Crippen molar-refractivity contribution >= 4 is 39.5 Å². The van der Waals surface area contributed by atoms with Crippen molar-refractivity contribution in [2.45, 2.75) is 12.3 Å². The number of benzene rings is 1. The van der Waals surface area contributed by atoms with Crippen LogP contribution in [-0.4, -0.2) is 18.1 Å². The van der Waals surface area contributed by atoms with Gasteiger partial charge in [0.25, 0.3) is 0 Å². The second kappa shape index (κ2) is 6.62. The predicted octanol–water partition coefficient (Wildman–Crippen LogP) is 5.77. The highest BCUT2D eigenvalue weighted by atomic mass is 32.1. The molecule has 0 saturated heterocycles. The van der Waals surface area contributed by atoms with Crippen molar-refractivity contribution in [1.82, 2.24) is 4.98 Å². The van der Waals surface area contributed by atoms with Gasteiger partial charge in [-0.1, -0.05) is 18.2 Å². The third-order valence-electron chi connectivity index (χ3n) is 5.28. The number of nitrogens with zero attached hydrogens (tertiary/aromatic N) is 1. The lowest BCUT2D eigenvalue weighted by Gasteiger charge is -2.02. The van der Waals surface area contributed by atoms with Crippen LogP contribution in [0.25, 0.3) is 32.6 Å². The number of thiophene rings is 2. The van der Waals surface area contributed by atoms with Crippen LogP contribution in [0.1, 0.15) is 22.1 Å². The number of aromatic amines is 1. The Morgan fingerprint density at radius 2 is 2.11 bits per heavy atom. The SMILES string of the molecule is COC(=O)C1CC1c1ccc(-c2[nH]c3ccccc3c2-c2ccsc2C#N)s1. The number of para-hydroxylation sites is 1. The molecule has 1 N–H and O–H groups in total. The largest absolute Gasteiger partial charge is 0.469 e. The van der Waals surface area contributed by atoms with Crippen LogP contribution in [0.5, 0.6) is 0 Å². The number of hydrogen-bond acceptors (Lipinski definition) is 5. The number of aromatic nitrogens is 1. The molecule has 1 aliphatic carbocycles. The topological polar surface area (TPSA) is 65.9 Å². The van der Waals surface area contributed by atoms with Crippen molar-refractivity contribution in [2.24, 2.45) is 5.92 Å². The Morgan fingerprint density at radius 1 is 1.25 bits per heavy atom. The molecule has 0 bridgehead atoms. The van der Waals surface area contributed by atoms with E-state index in [1.54, 1.807) is 11.3 Å². The standard InChI is InChI=1S/C22H16N2O2S2/c1-26-22(25)15-10-14(15)17-6-7-18(28-17)21-20(13-8-9-27-19(13)11-23)12-4-2-3-5-16(12)24-21/h2-9,14-15,24H,10H2,1H3. The minimum absolute atomic E-state index is 0.0132. The van der Waals surface area contributed by atoms with Crippen LogP contribution < -0.4 is 0 Å². The normalized spacial score (nSPS) is 18.1. The number of fused-ring (bicyclic) bond motifs is 1. The van der Waals surface area contributed by atoms with E-state index in [4.69, 9.17) is 4.74 Å². The molecule has 1 saturated carbocycles. The van der Waals surface area contributed by atoms with E-state index in [-0.39, 0.29) is 17.8 Å². The molecule has 4 nitrogen and oxygen atoms in total. The number of ether oxygens (including phenoxy) is 1. The minimum Gasteiger partial charge on any atom is -0.469 e. The second-order valence-electron chi connectivity index (χ2n) is 6.87. The van der Waals surface area contributed by atoms with Crippen molar-refractivity contribution in [2.75, 3.05) is 7.11 Å². The van der Waals surface area contributed by atoms with Gasteiger partial charge in [-0.3, -0.25) is 4.79 Å². The van der Waals surface area contributed by atoms with Gasteiger partial charge in [-0.25, -0.2) is 0 Å². The number of carbonyl (C=O) groups is 1. The van der Waals surface area contributed by atoms with Gasteiger partial charge in [0.1, 0.15) is 10.9 Å². The Bertz CT molecular complexity index is 1240. The van der Waals surface area contributed by atoms with Gasteiger partial charge in [-0.2, -0.15) is 5.26 Å². The third-order valence-corrected chi connectivity index (χ3v) is 7.33. The summed E-state index contributed by atoms with van der Waals surface area (Å²) in [6, 6.07) is 16.7. The number of nitrogens with one attached hydrogen (secondary N) is 1. The van der Waals surface area contributed by atoms with Crippen LogP contribution in [0.2, 0.25) is 0 Å². The Hall–Kier alpha value is -2.88. The predicted molar refractivity (Wildman–Crippen MR) is 113 cm³/mol. The quantitative estimate of drug-likeness (QED) is 0.439. The summed E-state index contributed by atoms with van der Waals surface area (Å²) in [7, 11) is 1.45. The number of hydrogen-bond donors (Lipinski definition) is 1. The fourth-order valence-corrected chi connectivity index (χ4v) is 5.69. The fourth-order valence-electron chi connectivity index (χ4n) is 3.81. The highest BCUT2D eigenvalue weighted by Crippen LogP contribution is 2.52. The van der Waals surface area contributed by atoms with Gasteiger partial charge in [0.05, 0.1) is 23.6 Å². The van der Waals surface area contributed by atoms with Gasteiger partial charge >= 0.3 is 5.97 Å². The minimum atomic E-state index is -0.122. The van der Waals surface area contributed by atoms with Crippen molar-refractivity contribution in [3.8, 4) is 27.8 Å². The molecule has 3 heterocycles. The van der Waals surface area contributed by atoms with E-state index in [1.165, 1.54) is 23.3 Å². The molecule has 1 aromatic carbocycles. The molecule has 138 valence electrons. The molecule has 0 aliphatic heterocycles. The number of carbonyl (C=O) groups excluding carboxylic acids is 1. The molecular weight excluding hydrogens is 388 g/mol. The summed E-state index contributed by atoms with van der Waals surface area (Å²) in [5.41, 5.74) is 4.12. The van der Waals surface area contributed by atoms with Gasteiger partial charge < -0.3 is 9.72 Å². The van der Waals surface area contributed by atoms with Crippen LogP contribution in [-0.2, 0) is 9.53 Å². The molecule has 0 spiro atoms. The van der Waals surface area contributed by atoms with E-state index in [1.807, 2.05) is 23.6 Å². The number of esters is 1. The Kier molecular flexibility index (Phi) is 4.08. The smallest absolute Gasteiger partial charge is 0.309 e. The summed E-state index contributed by atoms with van der Waals surface area (Å²) in [4.78, 5) is 18.4. The molecule has 6 heteroatoms. The number of methoxy groups -OCH3 is 1. The molecule has 4 aromatic rings. The summed E-state index contributed by atoms with van der Waals surface area (Å²) in [6.07, 6.45) is 0.856. The van der Waals surface area contributed by atoms with E-state index in [0.29, 0.717) is 0 Å². The van der Waals surface area contributed by atoms with Crippen LogP contribution >= 0.6 is 22.7 Å².